The Balaban J connectivity index is 1.71. The van der Waals surface area contributed by atoms with Crippen molar-refractivity contribution < 1.29 is 9.53 Å². The maximum atomic E-state index is 12.1. The van der Waals surface area contributed by atoms with Crippen LogP contribution in [0.2, 0.25) is 0 Å². The second-order valence-corrected chi connectivity index (χ2v) is 5.03. The molecule has 0 spiro atoms. The molecule has 104 valence electrons. The lowest BCUT2D eigenvalue weighted by Gasteiger charge is -2.31. The van der Waals surface area contributed by atoms with Crippen LogP contribution in [0.25, 0.3) is 10.8 Å². The van der Waals surface area contributed by atoms with E-state index in [-0.39, 0.29) is 6.09 Å². The third-order valence-electron chi connectivity index (χ3n) is 3.56. The van der Waals surface area contributed by atoms with E-state index in [1.807, 2.05) is 31.3 Å². The highest BCUT2D eigenvalue weighted by atomic mass is 16.6. The molecule has 1 fully saturated rings. The van der Waals surface area contributed by atoms with Crippen LogP contribution in [0.5, 0.6) is 5.88 Å². The molecule has 1 amide bonds. The smallest absolute Gasteiger partial charge is 0.391 e. The Morgan fingerprint density at radius 3 is 2.60 bits per heavy atom. The van der Waals surface area contributed by atoms with Crippen LogP contribution in [0.4, 0.5) is 4.79 Å². The monoisotopic (exact) mass is 271 g/mol. The Hall–Kier alpha value is -2.14. The normalized spacial score (nSPS) is 16.4. The molecular formula is C15H17N3O2. The molecule has 2 aromatic rings. The van der Waals surface area contributed by atoms with E-state index in [1.165, 1.54) is 0 Å². The molecule has 1 aliphatic heterocycles. The van der Waals surface area contributed by atoms with Gasteiger partial charge in [-0.05, 0) is 12.4 Å². The number of nitrogens with zero attached hydrogens (tertiary/aromatic N) is 3. The number of carbonyl (C=O) groups excluding carboxylic acids is 1. The van der Waals surface area contributed by atoms with Crippen LogP contribution in [0.15, 0.2) is 36.5 Å². The SMILES string of the molecule is CN1CCN(C(=O)Oc2cc3ccccc3cn2)CC1. The number of likely N-dealkylation sites (N-methyl/N-ethyl adjacent to an activating group) is 1. The molecule has 3 rings (SSSR count). The van der Waals surface area contributed by atoms with Gasteiger partial charge in [0.1, 0.15) is 0 Å². The predicted molar refractivity (Wildman–Crippen MR) is 76.8 cm³/mol. The minimum Gasteiger partial charge on any atom is -0.391 e. The van der Waals surface area contributed by atoms with E-state index in [9.17, 15) is 4.79 Å². The standard InChI is InChI=1S/C15H17N3O2/c1-17-6-8-18(9-7-17)15(19)20-14-10-12-4-2-3-5-13(12)11-16-14/h2-5,10-11H,6-9H2,1H3. The predicted octanol–water partition coefficient (Wildman–Crippen LogP) is 1.98. The molecule has 0 radical (unpaired) electrons. The number of fused-ring (bicyclic) bond motifs is 1. The van der Waals surface area contributed by atoms with Crippen LogP contribution in [0.1, 0.15) is 0 Å². The van der Waals surface area contributed by atoms with Gasteiger partial charge in [0.15, 0.2) is 0 Å². The number of rotatable bonds is 1. The fourth-order valence-corrected chi connectivity index (χ4v) is 2.26. The van der Waals surface area contributed by atoms with Crippen molar-refractivity contribution in [3.8, 4) is 5.88 Å². The third kappa shape index (κ3) is 2.72. The lowest BCUT2D eigenvalue weighted by atomic mass is 10.2. The molecule has 5 nitrogen and oxygen atoms in total. The summed E-state index contributed by atoms with van der Waals surface area (Å²) < 4.78 is 5.35. The molecule has 5 heteroatoms. The van der Waals surface area contributed by atoms with E-state index >= 15 is 0 Å². The molecule has 2 heterocycles. The summed E-state index contributed by atoms with van der Waals surface area (Å²) in [5.74, 6) is 0.354. The van der Waals surface area contributed by atoms with E-state index in [0.29, 0.717) is 19.0 Å². The maximum Gasteiger partial charge on any atom is 0.416 e. The molecule has 0 atom stereocenters. The van der Waals surface area contributed by atoms with Gasteiger partial charge >= 0.3 is 6.09 Å². The highest BCUT2D eigenvalue weighted by Crippen LogP contribution is 2.18. The fourth-order valence-electron chi connectivity index (χ4n) is 2.26. The summed E-state index contributed by atoms with van der Waals surface area (Å²) >= 11 is 0. The zero-order valence-corrected chi connectivity index (χ0v) is 11.5. The number of ether oxygens (including phenoxy) is 1. The molecule has 1 aliphatic rings. The Kier molecular flexibility index (Phi) is 3.52. The minimum atomic E-state index is -0.319. The van der Waals surface area contributed by atoms with E-state index < -0.39 is 0 Å². The van der Waals surface area contributed by atoms with E-state index in [2.05, 4.69) is 9.88 Å². The highest BCUT2D eigenvalue weighted by molar-refractivity contribution is 5.83. The number of aromatic nitrogens is 1. The average Bonchev–Trinajstić information content (AvgIpc) is 2.48. The van der Waals surface area contributed by atoms with E-state index in [4.69, 9.17) is 4.74 Å². The van der Waals surface area contributed by atoms with Crippen molar-refractivity contribution in [2.45, 2.75) is 0 Å². The van der Waals surface area contributed by atoms with Crippen molar-refractivity contribution in [1.29, 1.82) is 0 Å². The summed E-state index contributed by atoms with van der Waals surface area (Å²) in [6.45, 7) is 3.15. The Labute approximate surface area is 117 Å². The van der Waals surface area contributed by atoms with Gasteiger partial charge in [0.25, 0.3) is 0 Å². The summed E-state index contributed by atoms with van der Waals surface area (Å²) in [5, 5.41) is 2.05. The first-order chi connectivity index (χ1) is 9.72. The lowest BCUT2D eigenvalue weighted by Crippen LogP contribution is -2.48. The topological polar surface area (TPSA) is 45.7 Å². The van der Waals surface area contributed by atoms with Crippen LogP contribution in [-0.2, 0) is 0 Å². The summed E-state index contributed by atoms with van der Waals surface area (Å²) in [4.78, 5) is 20.1. The van der Waals surface area contributed by atoms with Crippen molar-refractivity contribution in [2.24, 2.45) is 0 Å². The highest BCUT2D eigenvalue weighted by Gasteiger charge is 2.21. The van der Waals surface area contributed by atoms with Crippen LogP contribution >= 0.6 is 0 Å². The minimum absolute atomic E-state index is 0.319. The Morgan fingerprint density at radius 1 is 1.15 bits per heavy atom. The van der Waals surface area contributed by atoms with Crippen LogP contribution in [-0.4, -0.2) is 54.1 Å². The van der Waals surface area contributed by atoms with Crippen molar-refractivity contribution in [2.75, 3.05) is 33.2 Å². The van der Waals surface area contributed by atoms with Gasteiger partial charge in [0, 0.05) is 43.8 Å². The first kappa shape index (κ1) is 12.9. The number of pyridine rings is 1. The molecule has 0 saturated carbocycles. The molecule has 20 heavy (non-hydrogen) atoms. The fraction of sp³-hybridized carbons (Fsp3) is 0.333. The second-order valence-electron chi connectivity index (χ2n) is 5.03. The summed E-state index contributed by atoms with van der Waals surface area (Å²) in [6, 6.07) is 9.66. The molecule has 1 saturated heterocycles. The number of hydrogen-bond acceptors (Lipinski definition) is 4. The largest absolute Gasteiger partial charge is 0.416 e. The summed E-state index contributed by atoms with van der Waals surface area (Å²) in [6.07, 6.45) is 1.41. The second kappa shape index (κ2) is 5.46. The maximum absolute atomic E-state index is 12.1. The third-order valence-corrected chi connectivity index (χ3v) is 3.56. The van der Waals surface area contributed by atoms with Gasteiger partial charge < -0.3 is 14.5 Å². The Bertz CT molecular complexity index is 621. The number of amides is 1. The van der Waals surface area contributed by atoms with E-state index in [0.717, 1.165) is 23.9 Å². The van der Waals surface area contributed by atoms with Gasteiger partial charge in [-0.15, -0.1) is 0 Å². The van der Waals surface area contributed by atoms with Gasteiger partial charge in [-0.1, -0.05) is 24.3 Å². The first-order valence-electron chi connectivity index (χ1n) is 6.72. The van der Waals surface area contributed by atoms with Gasteiger partial charge in [-0.3, -0.25) is 0 Å². The number of hydrogen-bond donors (Lipinski definition) is 0. The lowest BCUT2D eigenvalue weighted by molar-refractivity contribution is 0.119. The summed E-state index contributed by atoms with van der Waals surface area (Å²) in [7, 11) is 2.05. The Morgan fingerprint density at radius 2 is 1.85 bits per heavy atom. The first-order valence-corrected chi connectivity index (χ1v) is 6.72. The van der Waals surface area contributed by atoms with Gasteiger partial charge in [-0.25, -0.2) is 9.78 Å². The van der Waals surface area contributed by atoms with Gasteiger partial charge in [0.05, 0.1) is 0 Å². The zero-order chi connectivity index (χ0) is 13.9. The van der Waals surface area contributed by atoms with Crippen LogP contribution in [0, 0.1) is 0 Å². The van der Waals surface area contributed by atoms with Crippen LogP contribution < -0.4 is 4.74 Å². The molecule has 0 bridgehead atoms. The average molecular weight is 271 g/mol. The molecule has 1 aromatic carbocycles. The van der Waals surface area contributed by atoms with Crippen molar-refractivity contribution >= 4 is 16.9 Å². The number of carbonyl (C=O) groups is 1. The molecule has 1 aromatic heterocycles. The van der Waals surface area contributed by atoms with Crippen molar-refractivity contribution in [1.82, 2.24) is 14.8 Å². The molecule has 0 aliphatic carbocycles. The van der Waals surface area contributed by atoms with Crippen molar-refractivity contribution in [3.05, 3.63) is 36.5 Å². The van der Waals surface area contributed by atoms with E-state index in [1.54, 1.807) is 17.2 Å². The summed E-state index contributed by atoms with van der Waals surface area (Å²) in [5.41, 5.74) is 0. The number of piperazine rings is 1. The molecule has 0 N–H and O–H groups in total. The zero-order valence-electron chi connectivity index (χ0n) is 11.5. The van der Waals surface area contributed by atoms with Crippen molar-refractivity contribution in [3.63, 3.8) is 0 Å². The van der Waals surface area contributed by atoms with Gasteiger partial charge in [-0.2, -0.15) is 0 Å². The number of benzene rings is 1. The van der Waals surface area contributed by atoms with Gasteiger partial charge in [0.2, 0.25) is 5.88 Å². The molecular weight excluding hydrogens is 254 g/mol. The van der Waals surface area contributed by atoms with Crippen LogP contribution in [0.3, 0.4) is 0 Å². The molecule has 0 unspecified atom stereocenters. The quantitative estimate of drug-likeness (QED) is 0.795.